The van der Waals surface area contributed by atoms with Gasteiger partial charge in [0.15, 0.2) is 0 Å². The Kier molecular flexibility index (Phi) is 16.8. The third kappa shape index (κ3) is 12.2. The van der Waals surface area contributed by atoms with E-state index in [1.807, 2.05) is 0 Å². The van der Waals surface area contributed by atoms with Crippen LogP contribution in [-0.4, -0.2) is 51.4 Å². The molecule has 0 aromatic heterocycles. The van der Waals surface area contributed by atoms with Gasteiger partial charge in [0.1, 0.15) is 6.10 Å². The Labute approximate surface area is 161 Å². The summed E-state index contributed by atoms with van der Waals surface area (Å²) in [6.07, 6.45) is 15.9. The summed E-state index contributed by atoms with van der Waals surface area (Å²) in [7, 11) is 0. The summed E-state index contributed by atoms with van der Waals surface area (Å²) in [6.45, 7) is 1.14. The van der Waals surface area contributed by atoms with Crippen molar-refractivity contribution in [3.05, 3.63) is 0 Å². The first kappa shape index (κ1) is 25.8. The highest BCUT2D eigenvalue weighted by atomic mass is 16.3. The van der Waals surface area contributed by atoms with Gasteiger partial charge < -0.3 is 26.2 Å². The molecule has 0 rings (SSSR count). The summed E-state index contributed by atoms with van der Waals surface area (Å²) in [5.74, 6) is 0. The lowest BCUT2D eigenvalue weighted by atomic mass is 9.89. The zero-order chi connectivity index (χ0) is 19.7. The molecule has 0 radical (unpaired) electrons. The summed E-state index contributed by atoms with van der Waals surface area (Å²) < 4.78 is 0. The van der Waals surface area contributed by atoms with E-state index in [0.717, 1.165) is 19.3 Å². The van der Waals surface area contributed by atoms with E-state index >= 15 is 0 Å². The molecule has 0 saturated heterocycles. The molecule has 2 unspecified atom stereocenters. The van der Waals surface area contributed by atoms with Crippen molar-refractivity contribution < 1.29 is 20.4 Å². The van der Waals surface area contributed by atoms with Crippen molar-refractivity contribution in [2.75, 3.05) is 13.2 Å². The topological polar surface area (TPSA) is 107 Å². The van der Waals surface area contributed by atoms with Crippen LogP contribution in [0.5, 0.6) is 0 Å². The largest absolute Gasteiger partial charge is 0.394 e. The molecule has 0 aliphatic heterocycles. The van der Waals surface area contributed by atoms with Gasteiger partial charge in [0.2, 0.25) is 0 Å². The summed E-state index contributed by atoms with van der Waals surface area (Å²) in [6, 6.07) is 0. The lowest BCUT2D eigenvalue weighted by Crippen LogP contribution is -2.61. The minimum atomic E-state index is -1.53. The number of hydrogen-bond acceptors (Lipinski definition) is 5. The summed E-state index contributed by atoms with van der Waals surface area (Å²) in [4.78, 5) is 0. The minimum Gasteiger partial charge on any atom is -0.394 e. The summed E-state index contributed by atoms with van der Waals surface area (Å²) in [5, 5.41) is 38.2. The molecule has 0 fully saturated rings. The fourth-order valence-corrected chi connectivity index (χ4v) is 3.33. The van der Waals surface area contributed by atoms with E-state index in [0.29, 0.717) is 6.42 Å². The number of nitrogens with two attached hydrogens (primary N) is 1. The minimum absolute atomic E-state index is 0.443. The highest BCUT2D eigenvalue weighted by molar-refractivity contribution is 4.94. The van der Waals surface area contributed by atoms with Crippen molar-refractivity contribution in [2.45, 2.75) is 121 Å². The first-order chi connectivity index (χ1) is 12.5. The molecule has 0 aromatic carbocycles. The standard InChI is InChI=1S/C21H45NO4/c1-2-3-4-5-6-7-8-9-10-11-12-13-14-15-16-19(25)20(26)21(22,17-23)18-24/h19-20,23-26H,2-18,22H2,1H3. The molecule has 0 bridgehead atoms. The fraction of sp³-hybridized carbons (Fsp3) is 1.00. The van der Waals surface area contributed by atoms with Crippen molar-refractivity contribution in [1.82, 2.24) is 0 Å². The molecular formula is C21H45NO4. The smallest absolute Gasteiger partial charge is 0.102 e. The first-order valence-electron chi connectivity index (χ1n) is 10.9. The van der Waals surface area contributed by atoms with Gasteiger partial charge in [-0.15, -0.1) is 0 Å². The lowest BCUT2D eigenvalue weighted by Gasteiger charge is -2.33. The highest BCUT2D eigenvalue weighted by Crippen LogP contribution is 2.17. The number of aliphatic hydroxyl groups excluding tert-OH is 4. The second-order valence-electron chi connectivity index (χ2n) is 7.95. The van der Waals surface area contributed by atoms with Crippen LogP contribution in [0.3, 0.4) is 0 Å². The van der Waals surface area contributed by atoms with E-state index in [4.69, 9.17) is 15.9 Å². The molecule has 6 N–H and O–H groups in total. The SMILES string of the molecule is CCCCCCCCCCCCCCCCC(O)C(O)C(N)(CO)CO. The Hall–Kier alpha value is -0.200. The van der Waals surface area contributed by atoms with Gasteiger partial charge in [-0.1, -0.05) is 96.8 Å². The van der Waals surface area contributed by atoms with Crippen molar-refractivity contribution in [3.63, 3.8) is 0 Å². The predicted octanol–water partition coefficient (Wildman–Crippen LogP) is 3.26. The molecule has 26 heavy (non-hydrogen) atoms. The van der Waals surface area contributed by atoms with Crippen LogP contribution >= 0.6 is 0 Å². The molecular weight excluding hydrogens is 330 g/mol. The van der Waals surface area contributed by atoms with Crippen molar-refractivity contribution >= 4 is 0 Å². The normalized spacial score (nSPS) is 14.5. The third-order valence-electron chi connectivity index (χ3n) is 5.40. The van der Waals surface area contributed by atoms with Crippen LogP contribution in [0.15, 0.2) is 0 Å². The van der Waals surface area contributed by atoms with Gasteiger partial charge in [0, 0.05) is 0 Å². The van der Waals surface area contributed by atoms with E-state index in [-0.39, 0.29) is 0 Å². The molecule has 5 heteroatoms. The van der Waals surface area contributed by atoms with Crippen LogP contribution in [0.25, 0.3) is 0 Å². The average molecular weight is 376 g/mol. The van der Waals surface area contributed by atoms with E-state index in [9.17, 15) is 10.2 Å². The molecule has 0 aliphatic carbocycles. The Morgan fingerprint density at radius 3 is 1.35 bits per heavy atom. The molecule has 2 atom stereocenters. The van der Waals surface area contributed by atoms with Crippen LogP contribution in [-0.2, 0) is 0 Å². The van der Waals surface area contributed by atoms with Crippen LogP contribution < -0.4 is 5.73 Å². The Morgan fingerprint density at radius 1 is 0.654 bits per heavy atom. The molecule has 0 saturated carbocycles. The number of aliphatic hydroxyl groups is 4. The molecule has 0 aliphatic rings. The highest BCUT2D eigenvalue weighted by Gasteiger charge is 2.37. The van der Waals surface area contributed by atoms with E-state index in [1.54, 1.807) is 0 Å². The van der Waals surface area contributed by atoms with E-state index < -0.39 is 31.0 Å². The number of unbranched alkanes of at least 4 members (excludes halogenated alkanes) is 13. The molecule has 0 aromatic rings. The number of hydrogen-bond donors (Lipinski definition) is 5. The second kappa shape index (κ2) is 16.9. The van der Waals surface area contributed by atoms with Crippen LogP contribution in [0.4, 0.5) is 0 Å². The maximum atomic E-state index is 9.95. The molecule has 0 amide bonds. The zero-order valence-electron chi connectivity index (χ0n) is 17.0. The van der Waals surface area contributed by atoms with Gasteiger partial charge in [-0.25, -0.2) is 0 Å². The van der Waals surface area contributed by atoms with Gasteiger partial charge in [-0.3, -0.25) is 0 Å². The Bertz CT molecular complexity index is 298. The maximum absolute atomic E-state index is 9.95. The third-order valence-corrected chi connectivity index (χ3v) is 5.40. The van der Waals surface area contributed by atoms with Crippen LogP contribution in [0.2, 0.25) is 0 Å². The van der Waals surface area contributed by atoms with Gasteiger partial charge in [0.25, 0.3) is 0 Å². The van der Waals surface area contributed by atoms with Crippen LogP contribution in [0.1, 0.15) is 103 Å². The molecule has 0 spiro atoms. The Morgan fingerprint density at radius 2 is 1.00 bits per heavy atom. The van der Waals surface area contributed by atoms with Gasteiger partial charge in [0.05, 0.1) is 24.9 Å². The summed E-state index contributed by atoms with van der Waals surface area (Å²) in [5.41, 5.74) is 4.15. The van der Waals surface area contributed by atoms with Gasteiger partial charge in [-0.2, -0.15) is 0 Å². The number of rotatable bonds is 19. The monoisotopic (exact) mass is 375 g/mol. The van der Waals surface area contributed by atoms with Crippen LogP contribution in [0, 0.1) is 0 Å². The summed E-state index contributed by atoms with van der Waals surface area (Å²) >= 11 is 0. The lowest BCUT2D eigenvalue weighted by molar-refractivity contribution is -0.0660. The van der Waals surface area contributed by atoms with E-state index in [2.05, 4.69) is 6.92 Å². The predicted molar refractivity (Wildman–Crippen MR) is 108 cm³/mol. The van der Waals surface area contributed by atoms with Crippen molar-refractivity contribution in [3.8, 4) is 0 Å². The zero-order valence-corrected chi connectivity index (χ0v) is 17.0. The maximum Gasteiger partial charge on any atom is 0.102 e. The molecule has 0 heterocycles. The second-order valence-corrected chi connectivity index (χ2v) is 7.95. The van der Waals surface area contributed by atoms with E-state index in [1.165, 1.54) is 70.6 Å². The average Bonchev–Trinajstić information content (AvgIpc) is 2.66. The first-order valence-corrected chi connectivity index (χ1v) is 10.9. The fourth-order valence-electron chi connectivity index (χ4n) is 3.33. The van der Waals surface area contributed by atoms with Crippen molar-refractivity contribution in [2.24, 2.45) is 5.73 Å². The molecule has 5 nitrogen and oxygen atoms in total. The van der Waals surface area contributed by atoms with Gasteiger partial charge in [-0.05, 0) is 6.42 Å². The quantitative estimate of drug-likeness (QED) is 0.223. The molecule has 158 valence electrons. The van der Waals surface area contributed by atoms with Gasteiger partial charge >= 0.3 is 0 Å². The Balaban J connectivity index is 3.43. The van der Waals surface area contributed by atoms with Crippen molar-refractivity contribution in [1.29, 1.82) is 0 Å².